The van der Waals surface area contributed by atoms with Gasteiger partial charge in [0.2, 0.25) is 0 Å². The number of carbonyl (C=O) groups is 1. The predicted octanol–water partition coefficient (Wildman–Crippen LogP) is 7.79. The van der Waals surface area contributed by atoms with Crippen LogP contribution in [0.1, 0.15) is 81.1 Å². The third-order valence-corrected chi connectivity index (χ3v) is 13.2. The molecule has 0 amide bonds. The van der Waals surface area contributed by atoms with Gasteiger partial charge in [0.1, 0.15) is 6.10 Å². The molecule has 0 aliphatic rings. The van der Waals surface area contributed by atoms with Gasteiger partial charge in [-0.3, -0.25) is 0 Å². The van der Waals surface area contributed by atoms with Crippen LogP contribution in [0.15, 0.2) is 10.2 Å². The molecule has 37 heavy (non-hydrogen) atoms. The predicted molar refractivity (Wildman–Crippen MR) is 165 cm³/mol. The van der Waals surface area contributed by atoms with E-state index in [-0.39, 0.29) is 53.2 Å². The maximum absolute atomic E-state index is 12.7. The molecule has 0 heterocycles. The number of ether oxygens (including phenoxy) is 4. The summed E-state index contributed by atoms with van der Waals surface area (Å²) in [6.07, 6.45) is 4.81. The molecule has 0 N–H and O–H groups in total. The Morgan fingerprint density at radius 3 is 1.97 bits per heavy atom. The number of carbonyl (C=O) groups excluding carboxylic acids is 1. The van der Waals surface area contributed by atoms with Crippen LogP contribution in [0, 0.1) is 17.8 Å². The summed E-state index contributed by atoms with van der Waals surface area (Å²) in [6.45, 7) is 21.8. The molecule has 0 aliphatic carbocycles. The second kappa shape index (κ2) is 17.6. The maximum atomic E-state index is 12.7. The first kappa shape index (κ1) is 37.0. The lowest BCUT2D eigenvalue weighted by Gasteiger charge is -2.40. The molecular formula is C29H57IO6Si. The molecule has 0 radical (unpaired) electrons. The van der Waals surface area contributed by atoms with Gasteiger partial charge in [-0.1, -0.05) is 77.1 Å². The highest BCUT2D eigenvalue weighted by Crippen LogP contribution is 2.38. The highest BCUT2D eigenvalue weighted by atomic mass is 127. The van der Waals surface area contributed by atoms with Crippen molar-refractivity contribution in [3.8, 4) is 0 Å². The van der Waals surface area contributed by atoms with Crippen LogP contribution in [0.4, 0.5) is 0 Å². The molecule has 0 saturated carbocycles. The van der Waals surface area contributed by atoms with Gasteiger partial charge in [0, 0.05) is 39.3 Å². The summed E-state index contributed by atoms with van der Waals surface area (Å²) in [4.78, 5) is 12.7. The van der Waals surface area contributed by atoms with Gasteiger partial charge in [-0.25, -0.2) is 4.79 Å². The summed E-state index contributed by atoms with van der Waals surface area (Å²) in [5, 5.41) is 0.169. The van der Waals surface area contributed by atoms with E-state index in [1.54, 1.807) is 21.1 Å². The average Bonchev–Trinajstić information content (AvgIpc) is 2.82. The quantitative estimate of drug-likeness (QED) is 0.0853. The minimum absolute atomic E-state index is 0.0131. The molecule has 8 heteroatoms. The number of hydrogen-bond donors (Lipinski definition) is 0. The van der Waals surface area contributed by atoms with E-state index in [9.17, 15) is 4.79 Å². The van der Waals surface area contributed by atoms with Crippen molar-refractivity contribution < 1.29 is 28.2 Å². The largest absolute Gasteiger partial charge is 0.460 e. The van der Waals surface area contributed by atoms with Gasteiger partial charge in [0.05, 0.1) is 12.2 Å². The van der Waals surface area contributed by atoms with Crippen LogP contribution in [-0.4, -0.2) is 66.1 Å². The summed E-state index contributed by atoms with van der Waals surface area (Å²) in [5.41, 5.74) is 0. The first-order valence-electron chi connectivity index (χ1n) is 13.8. The normalized spacial score (nSPS) is 19.6. The Balaban J connectivity index is 5.58. The van der Waals surface area contributed by atoms with Gasteiger partial charge in [-0.15, -0.1) is 0 Å². The van der Waals surface area contributed by atoms with Crippen LogP contribution in [0.3, 0.4) is 0 Å². The van der Waals surface area contributed by atoms with E-state index in [4.69, 9.17) is 23.4 Å². The lowest BCUT2D eigenvalue weighted by atomic mass is 9.84. The van der Waals surface area contributed by atoms with Gasteiger partial charge < -0.3 is 23.4 Å². The van der Waals surface area contributed by atoms with Crippen LogP contribution in [0.2, 0.25) is 18.1 Å². The Morgan fingerprint density at radius 1 is 0.946 bits per heavy atom. The Bertz CT molecular complexity index is 665. The molecule has 6 nitrogen and oxygen atoms in total. The van der Waals surface area contributed by atoms with E-state index >= 15 is 0 Å². The zero-order chi connectivity index (χ0) is 29.0. The summed E-state index contributed by atoms with van der Waals surface area (Å²) < 4.78 is 31.8. The zero-order valence-corrected chi connectivity index (χ0v) is 29.1. The van der Waals surface area contributed by atoms with E-state index < -0.39 is 14.4 Å². The smallest absolute Gasteiger partial charge is 0.335 e. The summed E-state index contributed by atoms with van der Waals surface area (Å²) in [5.74, 6) is 0.151. The van der Waals surface area contributed by atoms with Crippen molar-refractivity contribution >= 4 is 36.9 Å². The van der Waals surface area contributed by atoms with E-state index in [2.05, 4.69) is 90.2 Å². The molecular weight excluding hydrogens is 599 g/mol. The van der Waals surface area contributed by atoms with Gasteiger partial charge in [-0.2, -0.15) is 0 Å². The van der Waals surface area contributed by atoms with Crippen LogP contribution in [0.5, 0.6) is 0 Å². The molecule has 0 rings (SSSR count). The Hall–Kier alpha value is -0.00312. The Morgan fingerprint density at radius 2 is 1.54 bits per heavy atom. The van der Waals surface area contributed by atoms with Crippen molar-refractivity contribution in [3.05, 3.63) is 10.2 Å². The van der Waals surface area contributed by atoms with Crippen LogP contribution in [0.25, 0.3) is 0 Å². The van der Waals surface area contributed by atoms with E-state index in [1.807, 2.05) is 4.08 Å². The average molecular weight is 657 g/mol. The minimum atomic E-state index is -1.87. The van der Waals surface area contributed by atoms with Crippen molar-refractivity contribution in [2.24, 2.45) is 17.8 Å². The second-order valence-corrected chi connectivity index (χ2v) is 17.5. The topological polar surface area (TPSA) is 63.2 Å². The first-order chi connectivity index (χ1) is 17.1. The van der Waals surface area contributed by atoms with Crippen LogP contribution >= 0.6 is 22.6 Å². The fraction of sp³-hybridized carbons (Fsp3) is 0.897. The summed E-state index contributed by atoms with van der Waals surface area (Å²) >= 11 is 2.23. The molecule has 0 aromatic carbocycles. The van der Waals surface area contributed by atoms with Crippen LogP contribution in [-0.2, 0) is 28.2 Å². The molecule has 0 aliphatic heterocycles. The molecule has 0 saturated heterocycles. The molecule has 0 aromatic heterocycles. The van der Waals surface area contributed by atoms with E-state index in [0.29, 0.717) is 0 Å². The van der Waals surface area contributed by atoms with Crippen molar-refractivity contribution in [2.45, 2.75) is 130 Å². The molecule has 8 unspecified atom stereocenters. The Kier molecular flexibility index (Phi) is 17.6. The van der Waals surface area contributed by atoms with Crippen molar-refractivity contribution in [1.82, 2.24) is 0 Å². The number of halogens is 1. The summed E-state index contributed by atoms with van der Waals surface area (Å²) in [7, 11) is 3.18. The fourth-order valence-corrected chi connectivity index (χ4v) is 6.54. The highest BCUT2D eigenvalue weighted by Gasteiger charge is 2.40. The lowest BCUT2D eigenvalue weighted by molar-refractivity contribution is -0.166. The number of methoxy groups -OCH3 is 3. The third kappa shape index (κ3) is 12.4. The molecule has 0 fully saturated rings. The van der Waals surface area contributed by atoms with E-state index in [1.165, 1.54) is 7.11 Å². The maximum Gasteiger partial charge on any atom is 0.335 e. The van der Waals surface area contributed by atoms with Crippen molar-refractivity contribution in [3.63, 3.8) is 0 Å². The number of hydrogen-bond acceptors (Lipinski definition) is 6. The third-order valence-electron chi connectivity index (χ3n) is 8.29. The number of esters is 1. The van der Waals surface area contributed by atoms with Gasteiger partial charge in [-0.05, 0) is 60.7 Å². The zero-order valence-electron chi connectivity index (χ0n) is 25.9. The first-order valence-corrected chi connectivity index (χ1v) is 18.0. The Labute approximate surface area is 243 Å². The lowest BCUT2D eigenvalue weighted by Crippen LogP contribution is -2.45. The second-order valence-electron chi connectivity index (χ2n) is 12.1. The summed E-state index contributed by atoms with van der Waals surface area (Å²) in [6, 6.07) is 0. The van der Waals surface area contributed by atoms with Gasteiger partial charge in [0.15, 0.2) is 14.4 Å². The fourth-order valence-electron chi connectivity index (χ4n) is 4.44. The van der Waals surface area contributed by atoms with Gasteiger partial charge >= 0.3 is 5.97 Å². The van der Waals surface area contributed by atoms with Crippen molar-refractivity contribution in [2.75, 3.05) is 21.3 Å². The molecule has 0 spiro atoms. The molecule has 8 atom stereocenters. The van der Waals surface area contributed by atoms with Gasteiger partial charge in [0.25, 0.3) is 0 Å². The van der Waals surface area contributed by atoms with Crippen LogP contribution < -0.4 is 0 Å². The standard InChI is InChI=1S/C29H57IO6Si/c1-14-24(36-37(12,13)29(6,7)8)19-26(33-10)20(2)15-16-25(35-28(31)23(5)32-9)22(4)27(34-11)21(3)17-18-30/h17-18,20-27H,14-16,19H2,1-13H3. The highest BCUT2D eigenvalue weighted by molar-refractivity contribution is 14.1. The molecule has 0 bridgehead atoms. The number of rotatable bonds is 18. The molecule has 220 valence electrons. The van der Waals surface area contributed by atoms with E-state index in [0.717, 1.165) is 25.7 Å². The van der Waals surface area contributed by atoms with Crippen molar-refractivity contribution in [1.29, 1.82) is 0 Å². The SMILES string of the molecule is CCC(CC(OC)C(C)CCC(OC(=O)C(C)OC)C(C)C(OC)C(C)C=CI)O[Si](C)(C)C(C)(C)C. The monoisotopic (exact) mass is 656 g/mol. The minimum Gasteiger partial charge on any atom is -0.460 e. The molecule has 0 aromatic rings.